The lowest BCUT2D eigenvalue weighted by atomic mass is 9.92. The highest BCUT2D eigenvalue weighted by Gasteiger charge is 2.21. The Hall–Kier alpha value is -1.41. The second-order valence-electron chi connectivity index (χ2n) is 7.66. The third kappa shape index (κ3) is 6.13. The lowest BCUT2D eigenvalue weighted by molar-refractivity contribution is 0.251. The van der Waals surface area contributed by atoms with E-state index in [0.29, 0.717) is 6.54 Å². The van der Waals surface area contributed by atoms with Crippen LogP contribution >= 0.6 is 46.5 Å². The number of hydrogen-bond acceptors (Lipinski definition) is 5. The number of unbranched alkanes of at least 4 members (excludes halogenated alkanes) is 2. The maximum absolute atomic E-state index is 12.9. The minimum Gasteiger partial charge on any atom is -0.337 e. The number of aromatic nitrogens is 1. The number of aryl methyl sites for hydroxylation is 1. The van der Waals surface area contributed by atoms with Gasteiger partial charge in [0.1, 0.15) is 5.03 Å². The summed E-state index contributed by atoms with van der Waals surface area (Å²) in [7, 11) is 0. The van der Waals surface area contributed by atoms with Crippen LogP contribution in [0.2, 0.25) is 4.34 Å². The number of thioether (sulfide) groups is 2. The predicted octanol–water partition coefficient (Wildman–Crippen LogP) is 8.19. The normalized spacial score (nSPS) is 12.2. The van der Waals surface area contributed by atoms with Crippen molar-refractivity contribution in [2.75, 3.05) is 24.4 Å². The summed E-state index contributed by atoms with van der Waals surface area (Å²) < 4.78 is 2.02. The van der Waals surface area contributed by atoms with E-state index in [2.05, 4.69) is 40.7 Å². The van der Waals surface area contributed by atoms with Crippen LogP contribution in [0.4, 0.5) is 10.5 Å². The number of halogens is 1. The third-order valence-electron chi connectivity index (χ3n) is 5.39. The van der Waals surface area contributed by atoms with Gasteiger partial charge in [-0.3, -0.25) is 0 Å². The van der Waals surface area contributed by atoms with E-state index in [9.17, 15) is 4.79 Å². The molecule has 0 radical (unpaired) electrons. The summed E-state index contributed by atoms with van der Waals surface area (Å²) in [5, 5.41) is 8.18. The Morgan fingerprint density at radius 3 is 2.72 bits per heavy atom. The number of hydrogen-bond donors (Lipinski definition) is 2. The summed E-state index contributed by atoms with van der Waals surface area (Å²) in [5.74, 6) is 0.173. The lowest BCUT2D eigenvalue weighted by Crippen LogP contribution is -2.33. The second kappa shape index (κ2) is 12.2. The van der Waals surface area contributed by atoms with Crippen LogP contribution in [0.15, 0.2) is 40.3 Å². The molecule has 2 N–H and O–H groups in total. The van der Waals surface area contributed by atoms with Gasteiger partial charge in [0.25, 0.3) is 0 Å². The fraction of sp³-hybridized carbons (Fsp3) is 0.417. The first-order valence-electron chi connectivity index (χ1n) is 10.8. The molecule has 0 saturated heterocycles. The number of nitrogens with one attached hydrogen (secondary N) is 2. The fourth-order valence-corrected chi connectivity index (χ4v) is 6.64. The zero-order valence-corrected chi connectivity index (χ0v) is 22.2. The van der Waals surface area contributed by atoms with Crippen LogP contribution < -0.4 is 10.6 Å². The molecular formula is C24H30ClN3OS3. The van der Waals surface area contributed by atoms with E-state index in [1.807, 2.05) is 31.6 Å². The average molecular weight is 508 g/mol. The van der Waals surface area contributed by atoms with Gasteiger partial charge in [-0.15, -0.1) is 34.9 Å². The lowest BCUT2D eigenvalue weighted by Gasteiger charge is -2.19. The molecule has 2 heterocycles. The quantitative estimate of drug-likeness (QED) is 0.214. The number of thiophene rings is 1. The van der Waals surface area contributed by atoms with Crippen molar-refractivity contribution in [2.24, 2.45) is 0 Å². The molecule has 0 saturated carbocycles. The van der Waals surface area contributed by atoms with Crippen molar-refractivity contribution < 1.29 is 4.79 Å². The van der Waals surface area contributed by atoms with Crippen molar-refractivity contribution in [1.82, 2.24) is 10.3 Å². The minimum absolute atomic E-state index is 0.173. The van der Waals surface area contributed by atoms with Gasteiger partial charge in [-0.25, -0.2) is 9.78 Å². The second-order valence-corrected chi connectivity index (χ2v) is 11.0. The fourth-order valence-electron chi connectivity index (χ4n) is 3.82. The van der Waals surface area contributed by atoms with E-state index < -0.39 is 0 Å². The Morgan fingerprint density at radius 2 is 2.00 bits per heavy atom. The molecule has 0 aliphatic rings. The number of pyridine rings is 1. The van der Waals surface area contributed by atoms with Gasteiger partial charge in [0.05, 0.1) is 10.0 Å². The average Bonchev–Trinajstić information content (AvgIpc) is 3.12. The molecular weight excluding hydrogens is 478 g/mol. The Labute approximate surface area is 208 Å². The SMILES string of the molecule is CCCCCC(CNC(=O)Nc1c(SC)cc(C)nc1SC)c1c(Cl)sc2ccccc12. The van der Waals surface area contributed by atoms with Crippen LogP contribution in [-0.4, -0.2) is 30.1 Å². The smallest absolute Gasteiger partial charge is 0.319 e. The van der Waals surface area contributed by atoms with Crippen molar-refractivity contribution in [1.29, 1.82) is 0 Å². The number of carbonyl (C=O) groups is 1. The number of amides is 2. The zero-order chi connectivity index (χ0) is 23.1. The Bertz CT molecular complexity index is 1040. The van der Waals surface area contributed by atoms with Gasteiger partial charge in [0.15, 0.2) is 0 Å². The van der Waals surface area contributed by atoms with Crippen molar-refractivity contribution in [3.63, 3.8) is 0 Å². The molecule has 8 heteroatoms. The molecule has 1 aromatic carbocycles. The maximum atomic E-state index is 12.9. The predicted molar refractivity (Wildman–Crippen MR) is 143 cm³/mol. The molecule has 0 fully saturated rings. The molecule has 3 aromatic rings. The summed E-state index contributed by atoms with van der Waals surface area (Å²) in [4.78, 5) is 18.5. The maximum Gasteiger partial charge on any atom is 0.319 e. The highest BCUT2D eigenvalue weighted by Crippen LogP contribution is 2.41. The molecule has 0 spiro atoms. The first-order chi connectivity index (χ1) is 15.5. The third-order valence-corrected chi connectivity index (χ3v) is 8.25. The molecule has 0 aliphatic heterocycles. The van der Waals surface area contributed by atoms with E-state index in [1.54, 1.807) is 23.1 Å². The number of fused-ring (bicyclic) bond motifs is 1. The molecule has 2 aromatic heterocycles. The topological polar surface area (TPSA) is 54.0 Å². The molecule has 3 rings (SSSR count). The van der Waals surface area contributed by atoms with E-state index in [-0.39, 0.29) is 11.9 Å². The summed E-state index contributed by atoms with van der Waals surface area (Å²) in [5.41, 5.74) is 2.88. The van der Waals surface area contributed by atoms with Gasteiger partial charge in [-0.1, -0.05) is 56.0 Å². The number of anilines is 1. The molecule has 0 bridgehead atoms. The standard InChI is InChI=1S/C24H30ClN3OS3/c1-5-6-7-10-16(20-17-11-8-9-12-18(17)32-22(20)25)14-26-24(29)28-21-19(30-3)13-15(2)27-23(21)31-4/h8-9,11-13,16H,5-7,10,14H2,1-4H3,(H2,26,28,29). The highest BCUT2D eigenvalue weighted by atomic mass is 35.5. The number of rotatable bonds is 10. The molecule has 32 heavy (non-hydrogen) atoms. The molecule has 4 nitrogen and oxygen atoms in total. The van der Waals surface area contributed by atoms with E-state index in [1.165, 1.54) is 28.3 Å². The molecule has 2 amide bonds. The summed E-state index contributed by atoms with van der Waals surface area (Å²) in [6, 6.07) is 10.1. The number of benzene rings is 1. The molecule has 1 unspecified atom stereocenters. The zero-order valence-electron chi connectivity index (χ0n) is 19.0. The summed E-state index contributed by atoms with van der Waals surface area (Å²) >= 11 is 11.5. The van der Waals surface area contributed by atoms with Gasteiger partial charge >= 0.3 is 6.03 Å². The van der Waals surface area contributed by atoms with Crippen LogP contribution in [0.25, 0.3) is 10.1 Å². The first-order valence-corrected chi connectivity index (χ1v) is 14.4. The Balaban J connectivity index is 1.78. The van der Waals surface area contributed by atoms with E-state index in [4.69, 9.17) is 11.6 Å². The van der Waals surface area contributed by atoms with Crippen molar-refractivity contribution in [3.8, 4) is 0 Å². The summed E-state index contributed by atoms with van der Waals surface area (Å²) in [6.07, 6.45) is 8.42. The number of carbonyl (C=O) groups excluding carboxylic acids is 1. The number of nitrogens with zero attached hydrogens (tertiary/aromatic N) is 1. The summed E-state index contributed by atoms with van der Waals surface area (Å²) in [6.45, 7) is 4.72. The molecule has 1 atom stereocenters. The van der Waals surface area contributed by atoms with E-state index in [0.717, 1.165) is 50.5 Å². The number of urea groups is 1. The van der Waals surface area contributed by atoms with Crippen molar-refractivity contribution >= 4 is 68.3 Å². The van der Waals surface area contributed by atoms with E-state index >= 15 is 0 Å². The van der Waals surface area contributed by atoms with Gasteiger partial charge in [0.2, 0.25) is 0 Å². The van der Waals surface area contributed by atoms with Crippen LogP contribution in [0, 0.1) is 6.92 Å². The van der Waals surface area contributed by atoms with Gasteiger partial charge in [-0.05, 0) is 48.9 Å². The van der Waals surface area contributed by atoms with Crippen LogP contribution in [0.3, 0.4) is 0 Å². The Morgan fingerprint density at radius 1 is 1.22 bits per heavy atom. The minimum atomic E-state index is -0.211. The van der Waals surface area contributed by atoms with Crippen LogP contribution in [-0.2, 0) is 0 Å². The van der Waals surface area contributed by atoms with Gasteiger partial charge in [-0.2, -0.15) is 0 Å². The van der Waals surface area contributed by atoms with Crippen LogP contribution in [0.1, 0.15) is 49.8 Å². The Kier molecular flexibility index (Phi) is 9.59. The largest absolute Gasteiger partial charge is 0.337 e. The molecule has 172 valence electrons. The van der Waals surface area contributed by atoms with Gasteiger partial charge in [0, 0.05) is 27.8 Å². The monoisotopic (exact) mass is 507 g/mol. The van der Waals surface area contributed by atoms with Crippen molar-refractivity contribution in [3.05, 3.63) is 45.9 Å². The van der Waals surface area contributed by atoms with Gasteiger partial charge < -0.3 is 10.6 Å². The molecule has 0 aliphatic carbocycles. The highest BCUT2D eigenvalue weighted by molar-refractivity contribution is 7.99. The first kappa shape index (κ1) is 25.2. The van der Waals surface area contributed by atoms with Crippen LogP contribution in [0.5, 0.6) is 0 Å². The van der Waals surface area contributed by atoms with Crippen molar-refractivity contribution in [2.45, 2.75) is 55.4 Å².